The summed E-state index contributed by atoms with van der Waals surface area (Å²) in [5, 5.41) is 13.1. The lowest BCUT2D eigenvalue weighted by molar-refractivity contribution is -0.142. The fraction of sp³-hybridized carbons (Fsp3) is 0.0952. The van der Waals surface area contributed by atoms with Gasteiger partial charge in [-0.3, -0.25) is 4.79 Å². The Kier molecular flexibility index (Phi) is 5.52. The lowest BCUT2D eigenvalue weighted by atomic mass is 10.0. The minimum absolute atomic E-state index is 0.137. The average Bonchev–Trinajstić information content (AvgIpc) is 3.10. The highest BCUT2D eigenvalue weighted by Crippen LogP contribution is 2.31. The molecule has 0 spiro atoms. The Morgan fingerprint density at radius 1 is 1.07 bits per heavy atom. The monoisotopic (exact) mass is 417 g/mol. The van der Waals surface area contributed by atoms with Crippen LogP contribution in [0, 0.1) is 29.9 Å². The van der Waals surface area contributed by atoms with E-state index in [2.05, 4.69) is 5.10 Å². The standard InChI is InChI=1S/C21H12F5N3O/c1-12-8-19(21(24,25)26)29(28-12)16-5-2-13(3-6-16)9-15(11-27)20(30)14-4-7-17(22)18(23)10-14/h2-10H,1H3/b15-9+. The van der Waals surface area contributed by atoms with Crippen LogP contribution in [0.3, 0.4) is 0 Å². The van der Waals surface area contributed by atoms with E-state index in [4.69, 9.17) is 0 Å². The van der Waals surface area contributed by atoms with Crippen LogP contribution in [0.4, 0.5) is 22.0 Å². The summed E-state index contributed by atoms with van der Waals surface area (Å²) >= 11 is 0. The van der Waals surface area contributed by atoms with Gasteiger partial charge in [-0.15, -0.1) is 0 Å². The summed E-state index contributed by atoms with van der Waals surface area (Å²) in [5.74, 6) is -3.17. The van der Waals surface area contributed by atoms with E-state index in [0.29, 0.717) is 11.6 Å². The van der Waals surface area contributed by atoms with Crippen molar-refractivity contribution < 1.29 is 26.7 Å². The molecule has 0 amide bonds. The van der Waals surface area contributed by atoms with E-state index < -0.39 is 29.3 Å². The van der Waals surface area contributed by atoms with Crippen molar-refractivity contribution >= 4 is 11.9 Å². The fourth-order valence-corrected chi connectivity index (χ4v) is 2.72. The number of ketones is 1. The molecule has 0 radical (unpaired) electrons. The molecule has 2 aromatic carbocycles. The van der Waals surface area contributed by atoms with Gasteiger partial charge in [-0.2, -0.15) is 23.5 Å². The third-order valence-corrected chi connectivity index (χ3v) is 4.12. The molecule has 0 aliphatic carbocycles. The molecule has 1 heterocycles. The van der Waals surface area contributed by atoms with Crippen molar-refractivity contribution in [3.63, 3.8) is 0 Å². The second kappa shape index (κ2) is 7.91. The zero-order valence-electron chi connectivity index (χ0n) is 15.3. The smallest absolute Gasteiger partial charge is 0.288 e. The maximum atomic E-state index is 13.3. The third kappa shape index (κ3) is 4.27. The Bertz CT molecular complexity index is 1180. The Labute approximate surface area is 167 Å². The fourth-order valence-electron chi connectivity index (χ4n) is 2.72. The second-order valence-corrected chi connectivity index (χ2v) is 6.30. The van der Waals surface area contributed by atoms with Crippen molar-refractivity contribution in [2.75, 3.05) is 0 Å². The minimum atomic E-state index is -4.59. The van der Waals surface area contributed by atoms with Gasteiger partial charge in [0, 0.05) is 5.56 Å². The van der Waals surface area contributed by atoms with Crippen LogP contribution < -0.4 is 0 Å². The van der Waals surface area contributed by atoms with Gasteiger partial charge in [0.1, 0.15) is 17.3 Å². The summed E-state index contributed by atoms with van der Waals surface area (Å²) in [6, 6.07) is 10.6. The summed E-state index contributed by atoms with van der Waals surface area (Å²) < 4.78 is 66.6. The van der Waals surface area contributed by atoms with Crippen LogP contribution in [-0.2, 0) is 6.18 Å². The molecule has 0 unspecified atom stereocenters. The molecule has 0 N–H and O–H groups in total. The molecule has 0 bridgehead atoms. The zero-order valence-corrected chi connectivity index (χ0v) is 15.3. The number of allylic oxidation sites excluding steroid dienone is 1. The van der Waals surface area contributed by atoms with Gasteiger partial charge >= 0.3 is 6.18 Å². The van der Waals surface area contributed by atoms with Gasteiger partial charge in [0.05, 0.1) is 11.4 Å². The van der Waals surface area contributed by atoms with E-state index >= 15 is 0 Å². The quantitative estimate of drug-likeness (QED) is 0.252. The van der Waals surface area contributed by atoms with E-state index in [1.165, 1.54) is 37.3 Å². The van der Waals surface area contributed by atoms with E-state index in [-0.39, 0.29) is 22.5 Å². The number of Topliss-reactive ketones (excluding diaryl/α,β-unsaturated/α-hetero) is 1. The Morgan fingerprint density at radius 3 is 2.30 bits per heavy atom. The third-order valence-electron chi connectivity index (χ3n) is 4.12. The number of rotatable bonds is 4. The zero-order chi connectivity index (χ0) is 22.1. The Hall–Kier alpha value is -3.80. The minimum Gasteiger partial charge on any atom is -0.288 e. The number of carbonyl (C=O) groups excluding carboxylic acids is 1. The van der Waals surface area contributed by atoms with Gasteiger partial charge < -0.3 is 0 Å². The van der Waals surface area contributed by atoms with Crippen molar-refractivity contribution in [2.45, 2.75) is 13.1 Å². The van der Waals surface area contributed by atoms with Gasteiger partial charge in [0.2, 0.25) is 5.78 Å². The molecule has 152 valence electrons. The van der Waals surface area contributed by atoms with Crippen molar-refractivity contribution in [2.24, 2.45) is 0 Å². The maximum Gasteiger partial charge on any atom is 0.433 e. The van der Waals surface area contributed by atoms with Crippen LogP contribution in [0.25, 0.3) is 11.8 Å². The Balaban J connectivity index is 1.92. The predicted molar refractivity (Wildman–Crippen MR) is 97.6 cm³/mol. The van der Waals surface area contributed by atoms with E-state index in [1.807, 2.05) is 0 Å². The lowest BCUT2D eigenvalue weighted by Gasteiger charge is -2.10. The van der Waals surface area contributed by atoms with Crippen LogP contribution in [0.2, 0.25) is 0 Å². The van der Waals surface area contributed by atoms with Crippen molar-refractivity contribution in [3.05, 3.63) is 88.3 Å². The summed E-state index contributed by atoms with van der Waals surface area (Å²) in [6.45, 7) is 1.44. The number of nitriles is 1. The first-order chi connectivity index (χ1) is 14.1. The van der Waals surface area contributed by atoms with Crippen LogP contribution in [-0.4, -0.2) is 15.6 Å². The van der Waals surface area contributed by atoms with E-state index in [0.717, 1.165) is 22.9 Å². The largest absolute Gasteiger partial charge is 0.433 e. The number of aromatic nitrogens is 2. The highest BCUT2D eigenvalue weighted by Gasteiger charge is 2.35. The first kappa shape index (κ1) is 20.9. The predicted octanol–water partition coefficient (Wildman–Crippen LogP) is 5.27. The highest BCUT2D eigenvalue weighted by atomic mass is 19.4. The summed E-state index contributed by atoms with van der Waals surface area (Å²) in [7, 11) is 0. The number of carbonyl (C=O) groups is 1. The highest BCUT2D eigenvalue weighted by molar-refractivity contribution is 6.14. The van der Waals surface area contributed by atoms with Gasteiger partial charge in [-0.25, -0.2) is 13.5 Å². The van der Waals surface area contributed by atoms with Crippen LogP contribution in [0.5, 0.6) is 0 Å². The molecule has 0 atom stereocenters. The van der Waals surface area contributed by atoms with E-state index in [9.17, 15) is 32.0 Å². The molecule has 9 heteroatoms. The number of benzene rings is 2. The molecule has 0 fully saturated rings. The maximum absolute atomic E-state index is 13.3. The van der Waals surface area contributed by atoms with Gasteiger partial charge in [-0.1, -0.05) is 12.1 Å². The molecule has 0 aliphatic heterocycles. The molecular weight excluding hydrogens is 405 g/mol. The summed E-state index contributed by atoms with van der Waals surface area (Å²) in [6.07, 6.45) is -3.39. The van der Waals surface area contributed by atoms with Crippen LogP contribution >= 0.6 is 0 Å². The van der Waals surface area contributed by atoms with Gasteiger partial charge in [-0.05, 0) is 55.0 Å². The number of hydrogen-bond acceptors (Lipinski definition) is 3. The van der Waals surface area contributed by atoms with Gasteiger partial charge in [0.15, 0.2) is 11.6 Å². The van der Waals surface area contributed by atoms with Gasteiger partial charge in [0.25, 0.3) is 0 Å². The topological polar surface area (TPSA) is 58.7 Å². The van der Waals surface area contributed by atoms with Crippen LogP contribution in [0.15, 0.2) is 54.1 Å². The molecule has 3 aromatic rings. The first-order valence-electron chi connectivity index (χ1n) is 8.46. The molecule has 3 rings (SSSR count). The first-order valence-corrected chi connectivity index (χ1v) is 8.46. The molecule has 0 saturated heterocycles. The van der Waals surface area contributed by atoms with Crippen molar-refractivity contribution in [3.8, 4) is 11.8 Å². The lowest BCUT2D eigenvalue weighted by Crippen LogP contribution is -2.13. The Morgan fingerprint density at radius 2 is 1.73 bits per heavy atom. The summed E-state index contributed by atoms with van der Waals surface area (Å²) in [4.78, 5) is 12.4. The molecule has 0 aliphatic rings. The number of alkyl halides is 3. The number of nitrogens with zero attached hydrogens (tertiary/aromatic N) is 3. The number of hydrogen-bond donors (Lipinski definition) is 0. The molecule has 4 nitrogen and oxygen atoms in total. The van der Waals surface area contributed by atoms with Crippen LogP contribution in [0.1, 0.15) is 27.3 Å². The second-order valence-electron chi connectivity index (χ2n) is 6.30. The summed E-state index contributed by atoms with van der Waals surface area (Å²) in [5.41, 5.74) is -0.814. The van der Waals surface area contributed by atoms with Crippen molar-refractivity contribution in [1.82, 2.24) is 9.78 Å². The van der Waals surface area contributed by atoms with Crippen molar-refractivity contribution in [1.29, 1.82) is 5.26 Å². The number of halogens is 5. The molecule has 1 aromatic heterocycles. The average molecular weight is 417 g/mol. The molecule has 0 saturated carbocycles. The normalized spacial score (nSPS) is 12.0. The van der Waals surface area contributed by atoms with E-state index in [1.54, 1.807) is 6.07 Å². The molecule has 30 heavy (non-hydrogen) atoms. The molecular formula is C21H12F5N3O. The SMILES string of the molecule is Cc1cc(C(F)(F)F)n(-c2ccc(/C=C(\C#N)C(=O)c3ccc(F)c(F)c3)cc2)n1. The number of aryl methyl sites for hydroxylation is 1.